The molecule has 4 heteroatoms. The molecule has 0 aliphatic carbocycles. The number of benzene rings is 1. The van der Waals surface area contributed by atoms with Crippen LogP contribution in [-0.4, -0.2) is 20.9 Å². The zero-order valence-electron chi connectivity index (χ0n) is 10.3. The fourth-order valence-corrected chi connectivity index (χ4v) is 2.06. The van der Waals surface area contributed by atoms with Crippen molar-refractivity contribution in [2.45, 2.75) is 18.8 Å². The highest BCUT2D eigenvalue weighted by Crippen LogP contribution is 2.21. The number of aromatic nitrogens is 2. The van der Waals surface area contributed by atoms with Crippen LogP contribution in [0.3, 0.4) is 0 Å². The van der Waals surface area contributed by atoms with Crippen LogP contribution < -0.4 is 0 Å². The standard InChI is InChI=1S/C14H16N2O2/c1-16-12(9-10-15-16)7-8-13(14(17)18)11-5-3-2-4-6-11/h2-6,9-10,13H,7-8H2,1H3,(H,17,18). The van der Waals surface area contributed by atoms with Gasteiger partial charge in [-0.2, -0.15) is 5.10 Å². The first-order valence-corrected chi connectivity index (χ1v) is 5.93. The van der Waals surface area contributed by atoms with E-state index in [-0.39, 0.29) is 0 Å². The van der Waals surface area contributed by atoms with Gasteiger partial charge in [0.2, 0.25) is 0 Å². The van der Waals surface area contributed by atoms with Crippen molar-refractivity contribution in [3.63, 3.8) is 0 Å². The lowest BCUT2D eigenvalue weighted by Crippen LogP contribution is -2.13. The van der Waals surface area contributed by atoms with E-state index in [0.717, 1.165) is 11.3 Å². The second-order valence-corrected chi connectivity index (χ2v) is 4.29. The maximum absolute atomic E-state index is 11.3. The average molecular weight is 244 g/mol. The monoisotopic (exact) mass is 244 g/mol. The molecule has 0 bridgehead atoms. The Balaban J connectivity index is 2.09. The van der Waals surface area contributed by atoms with Gasteiger partial charge < -0.3 is 5.11 Å². The number of carboxylic acids is 1. The molecule has 0 saturated carbocycles. The summed E-state index contributed by atoms with van der Waals surface area (Å²) >= 11 is 0. The zero-order chi connectivity index (χ0) is 13.0. The second kappa shape index (κ2) is 5.49. The van der Waals surface area contributed by atoms with E-state index in [1.807, 2.05) is 43.4 Å². The normalized spacial score (nSPS) is 12.3. The smallest absolute Gasteiger partial charge is 0.310 e. The summed E-state index contributed by atoms with van der Waals surface area (Å²) in [6.45, 7) is 0. The first-order valence-electron chi connectivity index (χ1n) is 5.93. The van der Waals surface area contributed by atoms with E-state index in [9.17, 15) is 9.90 Å². The van der Waals surface area contributed by atoms with Crippen LogP contribution in [0.4, 0.5) is 0 Å². The van der Waals surface area contributed by atoms with Gasteiger partial charge in [0.1, 0.15) is 0 Å². The van der Waals surface area contributed by atoms with Crippen LogP contribution in [0.1, 0.15) is 23.6 Å². The summed E-state index contributed by atoms with van der Waals surface area (Å²) in [6, 6.07) is 11.3. The Bertz CT molecular complexity index is 520. The van der Waals surface area contributed by atoms with Gasteiger partial charge in [-0.1, -0.05) is 30.3 Å². The van der Waals surface area contributed by atoms with E-state index in [1.165, 1.54) is 0 Å². The number of aryl methyl sites for hydroxylation is 2. The molecule has 1 heterocycles. The first kappa shape index (κ1) is 12.4. The number of hydrogen-bond donors (Lipinski definition) is 1. The van der Waals surface area contributed by atoms with Gasteiger partial charge in [0.05, 0.1) is 5.92 Å². The highest BCUT2D eigenvalue weighted by Gasteiger charge is 2.19. The second-order valence-electron chi connectivity index (χ2n) is 4.29. The van der Waals surface area contributed by atoms with E-state index in [1.54, 1.807) is 10.9 Å². The molecule has 1 aromatic heterocycles. The third-order valence-corrected chi connectivity index (χ3v) is 3.11. The predicted molar refractivity (Wildman–Crippen MR) is 68.3 cm³/mol. The molecule has 2 aromatic rings. The summed E-state index contributed by atoms with van der Waals surface area (Å²) in [5, 5.41) is 13.4. The minimum absolute atomic E-state index is 0.457. The molecule has 1 N–H and O–H groups in total. The molecule has 1 aromatic carbocycles. The molecule has 1 atom stereocenters. The van der Waals surface area contributed by atoms with E-state index in [4.69, 9.17) is 0 Å². The van der Waals surface area contributed by atoms with Crippen LogP contribution in [0, 0.1) is 0 Å². The molecule has 0 spiro atoms. The molecule has 1 unspecified atom stereocenters. The van der Waals surface area contributed by atoms with Crippen molar-refractivity contribution in [3.05, 3.63) is 53.9 Å². The number of aliphatic carboxylic acids is 1. The summed E-state index contributed by atoms with van der Waals surface area (Å²) in [4.78, 5) is 11.3. The van der Waals surface area contributed by atoms with Crippen LogP contribution >= 0.6 is 0 Å². The molecule has 18 heavy (non-hydrogen) atoms. The summed E-state index contributed by atoms with van der Waals surface area (Å²) in [6.07, 6.45) is 3.02. The van der Waals surface area contributed by atoms with Crippen LogP contribution in [0.5, 0.6) is 0 Å². The van der Waals surface area contributed by atoms with Crippen molar-refractivity contribution in [3.8, 4) is 0 Å². The molecule has 0 fully saturated rings. The topological polar surface area (TPSA) is 55.1 Å². The van der Waals surface area contributed by atoms with Gasteiger partial charge >= 0.3 is 5.97 Å². The molecule has 0 aliphatic heterocycles. The van der Waals surface area contributed by atoms with Crippen LogP contribution in [0.2, 0.25) is 0 Å². The van der Waals surface area contributed by atoms with Gasteiger partial charge in [0.25, 0.3) is 0 Å². The Morgan fingerprint density at radius 1 is 1.33 bits per heavy atom. The Morgan fingerprint density at radius 2 is 2.06 bits per heavy atom. The number of rotatable bonds is 5. The summed E-state index contributed by atoms with van der Waals surface area (Å²) in [5.74, 6) is -1.23. The van der Waals surface area contributed by atoms with Crippen molar-refractivity contribution in [1.29, 1.82) is 0 Å². The summed E-state index contributed by atoms with van der Waals surface area (Å²) in [7, 11) is 1.87. The van der Waals surface area contributed by atoms with E-state index < -0.39 is 11.9 Å². The summed E-state index contributed by atoms with van der Waals surface area (Å²) in [5.41, 5.74) is 1.91. The molecule has 0 aliphatic rings. The molecular formula is C14H16N2O2. The van der Waals surface area contributed by atoms with Crippen molar-refractivity contribution in [2.75, 3.05) is 0 Å². The molecule has 0 radical (unpaired) electrons. The van der Waals surface area contributed by atoms with Gasteiger partial charge in [0, 0.05) is 18.9 Å². The maximum Gasteiger partial charge on any atom is 0.310 e. The quantitative estimate of drug-likeness (QED) is 0.877. The van der Waals surface area contributed by atoms with Crippen LogP contribution in [0.25, 0.3) is 0 Å². The van der Waals surface area contributed by atoms with Gasteiger partial charge in [-0.05, 0) is 24.5 Å². The molecule has 0 saturated heterocycles. The number of nitrogens with zero attached hydrogens (tertiary/aromatic N) is 2. The lowest BCUT2D eigenvalue weighted by molar-refractivity contribution is -0.138. The maximum atomic E-state index is 11.3. The van der Waals surface area contributed by atoms with E-state index in [0.29, 0.717) is 12.8 Å². The SMILES string of the molecule is Cn1nccc1CCC(C(=O)O)c1ccccc1. The average Bonchev–Trinajstić information content (AvgIpc) is 2.76. The van der Waals surface area contributed by atoms with Crippen LogP contribution in [-0.2, 0) is 18.3 Å². The Hall–Kier alpha value is -2.10. The molecule has 2 rings (SSSR count). The summed E-state index contributed by atoms with van der Waals surface area (Å²) < 4.78 is 1.78. The highest BCUT2D eigenvalue weighted by atomic mass is 16.4. The van der Waals surface area contributed by atoms with E-state index in [2.05, 4.69) is 5.10 Å². The first-order chi connectivity index (χ1) is 8.68. The molecule has 4 nitrogen and oxygen atoms in total. The lowest BCUT2D eigenvalue weighted by atomic mass is 9.94. The fourth-order valence-electron chi connectivity index (χ4n) is 2.06. The third-order valence-electron chi connectivity index (χ3n) is 3.11. The van der Waals surface area contributed by atoms with Gasteiger partial charge in [-0.15, -0.1) is 0 Å². The number of hydrogen-bond acceptors (Lipinski definition) is 2. The Labute approximate surface area is 106 Å². The zero-order valence-corrected chi connectivity index (χ0v) is 10.3. The van der Waals surface area contributed by atoms with Crippen molar-refractivity contribution >= 4 is 5.97 Å². The number of carboxylic acid groups (broad SMARTS) is 1. The lowest BCUT2D eigenvalue weighted by Gasteiger charge is -2.12. The Kier molecular flexibility index (Phi) is 3.77. The predicted octanol–water partition coefficient (Wildman–Crippen LogP) is 2.22. The van der Waals surface area contributed by atoms with Gasteiger partial charge in [0.15, 0.2) is 0 Å². The van der Waals surface area contributed by atoms with E-state index >= 15 is 0 Å². The van der Waals surface area contributed by atoms with Gasteiger partial charge in [-0.3, -0.25) is 9.48 Å². The van der Waals surface area contributed by atoms with Crippen molar-refractivity contribution < 1.29 is 9.90 Å². The third kappa shape index (κ3) is 2.77. The highest BCUT2D eigenvalue weighted by molar-refractivity contribution is 5.76. The minimum atomic E-state index is -0.775. The Morgan fingerprint density at radius 3 is 2.61 bits per heavy atom. The number of carbonyl (C=O) groups is 1. The fraction of sp³-hybridized carbons (Fsp3) is 0.286. The van der Waals surface area contributed by atoms with Crippen LogP contribution in [0.15, 0.2) is 42.6 Å². The molecule has 0 amide bonds. The molecular weight excluding hydrogens is 228 g/mol. The minimum Gasteiger partial charge on any atom is -0.481 e. The van der Waals surface area contributed by atoms with Crippen molar-refractivity contribution in [1.82, 2.24) is 9.78 Å². The van der Waals surface area contributed by atoms with Crippen molar-refractivity contribution in [2.24, 2.45) is 7.05 Å². The largest absolute Gasteiger partial charge is 0.481 e. The van der Waals surface area contributed by atoms with Gasteiger partial charge in [-0.25, -0.2) is 0 Å². The molecule has 94 valence electrons.